The molecule has 1 aliphatic rings. The molecule has 3 heterocycles. The first-order chi connectivity index (χ1) is 18.3. The second-order valence-corrected chi connectivity index (χ2v) is 9.20. The highest BCUT2D eigenvalue weighted by molar-refractivity contribution is 7.12. The number of aromatic nitrogens is 4. The first-order valence-electron chi connectivity index (χ1n) is 11.4. The monoisotopic (exact) mass is 539 g/mol. The summed E-state index contributed by atoms with van der Waals surface area (Å²) in [5, 5.41) is 24.5. The Labute approximate surface area is 218 Å². The number of amidine groups is 1. The number of rotatable bonds is 8. The predicted molar refractivity (Wildman–Crippen MR) is 137 cm³/mol. The summed E-state index contributed by atoms with van der Waals surface area (Å²) in [7, 11) is 1.45. The molecular formula is C24H22FN7O5S. The van der Waals surface area contributed by atoms with Crippen molar-refractivity contribution in [3.05, 3.63) is 79.5 Å². The Hall–Kier alpha value is -4.72. The lowest BCUT2D eigenvalue weighted by molar-refractivity contribution is 0.0701. The van der Waals surface area contributed by atoms with Gasteiger partial charge in [0.2, 0.25) is 0 Å². The van der Waals surface area contributed by atoms with Crippen molar-refractivity contribution in [2.45, 2.75) is 18.9 Å². The first kappa shape index (κ1) is 25.0. The van der Waals surface area contributed by atoms with Crippen LogP contribution in [0.5, 0.6) is 11.5 Å². The van der Waals surface area contributed by atoms with E-state index in [1.807, 2.05) is 0 Å². The van der Waals surface area contributed by atoms with Gasteiger partial charge in [-0.1, -0.05) is 0 Å². The smallest absolute Gasteiger partial charge is 0.349 e. The quantitative estimate of drug-likeness (QED) is 0.166. The molecule has 0 saturated carbocycles. The number of benzene rings is 2. The van der Waals surface area contributed by atoms with Gasteiger partial charge in [0.15, 0.2) is 28.0 Å². The lowest BCUT2D eigenvalue weighted by Crippen LogP contribution is -2.20. The van der Waals surface area contributed by atoms with Crippen molar-refractivity contribution in [3.63, 3.8) is 0 Å². The Balaban J connectivity index is 1.66. The number of carboxylic acids is 1. The zero-order valence-electron chi connectivity index (χ0n) is 19.9. The number of aromatic carboxylic acids is 1. The van der Waals surface area contributed by atoms with Crippen LogP contribution in [0.1, 0.15) is 44.6 Å². The Kier molecular flexibility index (Phi) is 6.55. The summed E-state index contributed by atoms with van der Waals surface area (Å²) in [4.78, 5) is 30.9. The van der Waals surface area contributed by atoms with Gasteiger partial charge in [0.1, 0.15) is 17.7 Å². The molecule has 1 atom stereocenters. The molecule has 0 spiro atoms. The molecule has 14 heteroatoms. The number of carbonyl (C=O) groups is 1. The van der Waals surface area contributed by atoms with E-state index in [1.54, 1.807) is 24.3 Å². The Bertz CT molecular complexity index is 1590. The lowest BCUT2D eigenvalue weighted by atomic mass is 9.96. The summed E-state index contributed by atoms with van der Waals surface area (Å²) in [5.74, 6) is -1.41. The lowest BCUT2D eigenvalue weighted by Gasteiger charge is -2.25. The Morgan fingerprint density at radius 3 is 2.84 bits per heavy atom. The zero-order chi connectivity index (χ0) is 27.0. The molecule has 0 bridgehead atoms. The van der Waals surface area contributed by atoms with Crippen LogP contribution in [0.4, 0.5) is 10.1 Å². The minimum atomic E-state index is -1.26. The van der Waals surface area contributed by atoms with Gasteiger partial charge in [0.05, 0.1) is 19.2 Å². The molecule has 0 radical (unpaired) electrons. The molecule has 0 fully saturated rings. The first-order valence-corrected chi connectivity index (χ1v) is 12.3. The van der Waals surface area contributed by atoms with Crippen LogP contribution in [0.3, 0.4) is 0 Å². The number of nitrogens with two attached hydrogens (primary N) is 1. The van der Waals surface area contributed by atoms with Gasteiger partial charge in [-0.25, -0.2) is 19.0 Å². The number of halogens is 1. The largest absolute Gasteiger partial charge is 0.493 e. The zero-order valence-corrected chi connectivity index (χ0v) is 20.8. The summed E-state index contributed by atoms with van der Waals surface area (Å²) in [6, 6.07) is 6.98. The van der Waals surface area contributed by atoms with Crippen molar-refractivity contribution in [3.8, 4) is 17.3 Å². The number of hydrogen-bond acceptors (Lipinski definition) is 9. The van der Waals surface area contributed by atoms with Crippen LogP contribution in [0.15, 0.2) is 40.6 Å². The summed E-state index contributed by atoms with van der Waals surface area (Å²) < 4.78 is 28.0. The second-order valence-electron chi connectivity index (χ2n) is 8.35. The van der Waals surface area contributed by atoms with Crippen LogP contribution in [-0.2, 0) is 6.42 Å². The fourth-order valence-electron chi connectivity index (χ4n) is 4.22. The van der Waals surface area contributed by atoms with Gasteiger partial charge < -0.3 is 25.6 Å². The number of nitrogens with one attached hydrogen (secondary N) is 3. The van der Waals surface area contributed by atoms with Gasteiger partial charge in [-0.15, -0.1) is 16.4 Å². The van der Waals surface area contributed by atoms with Crippen LogP contribution in [0, 0.1) is 11.2 Å². The number of H-pyrrole nitrogens is 1. The number of anilines is 1. The van der Waals surface area contributed by atoms with Crippen molar-refractivity contribution in [1.29, 1.82) is 5.41 Å². The van der Waals surface area contributed by atoms with Gasteiger partial charge in [0.25, 0.3) is 0 Å². The van der Waals surface area contributed by atoms with E-state index in [4.69, 9.17) is 20.6 Å². The average molecular weight is 540 g/mol. The van der Waals surface area contributed by atoms with E-state index in [0.717, 1.165) is 16.0 Å². The number of methoxy groups -OCH3 is 1. The number of fused-ring (bicyclic) bond motifs is 1. The molecule has 0 amide bonds. The molecule has 12 nitrogen and oxygen atoms in total. The van der Waals surface area contributed by atoms with E-state index in [2.05, 4.69) is 20.4 Å². The summed E-state index contributed by atoms with van der Waals surface area (Å²) in [6.07, 6.45) is 1.05. The fraction of sp³-hybridized carbons (Fsp3) is 0.208. The van der Waals surface area contributed by atoms with E-state index >= 15 is 4.39 Å². The highest BCUT2D eigenvalue weighted by Gasteiger charge is 2.30. The van der Waals surface area contributed by atoms with Crippen LogP contribution in [0.2, 0.25) is 0 Å². The number of ether oxygens (including phenoxy) is 2. The van der Waals surface area contributed by atoms with E-state index in [-0.39, 0.29) is 27.9 Å². The average Bonchev–Trinajstić information content (AvgIpc) is 3.55. The minimum absolute atomic E-state index is 0.00705. The third-order valence-electron chi connectivity index (χ3n) is 6.01. The topological polar surface area (TPSA) is 181 Å². The maximum absolute atomic E-state index is 16.0. The van der Waals surface area contributed by atoms with E-state index in [0.29, 0.717) is 47.8 Å². The third kappa shape index (κ3) is 4.45. The van der Waals surface area contributed by atoms with Crippen molar-refractivity contribution in [2.75, 3.05) is 19.0 Å². The number of hydrogen-bond donors (Lipinski definition) is 5. The summed E-state index contributed by atoms with van der Waals surface area (Å²) in [5.41, 5.74) is 7.57. The molecule has 1 aliphatic heterocycles. The fourth-order valence-corrected chi connectivity index (χ4v) is 4.82. The molecule has 4 aromatic rings. The number of nitrogens with zero attached hydrogens (tertiary/aromatic N) is 3. The maximum Gasteiger partial charge on any atom is 0.349 e. The van der Waals surface area contributed by atoms with Crippen LogP contribution < -0.4 is 26.2 Å². The number of thiazole rings is 1. The highest BCUT2D eigenvalue weighted by atomic mass is 32.1. The van der Waals surface area contributed by atoms with E-state index in [1.165, 1.54) is 18.7 Å². The maximum atomic E-state index is 16.0. The summed E-state index contributed by atoms with van der Waals surface area (Å²) >= 11 is 0.846. The third-order valence-corrected chi connectivity index (χ3v) is 6.81. The molecule has 2 aromatic carbocycles. The van der Waals surface area contributed by atoms with Crippen LogP contribution in [-0.4, -0.2) is 50.4 Å². The van der Waals surface area contributed by atoms with Gasteiger partial charge in [-0.2, -0.15) is 4.68 Å². The molecule has 0 saturated heterocycles. The van der Waals surface area contributed by atoms with Gasteiger partial charge >= 0.3 is 11.7 Å². The van der Waals surface area contributed by atoms with Gasteiger partial charge in [0, 0.05) is 22.4 Å². The molecule has 2 aromatic heterocycles. The predicted octanol–water partition coefficient (Wildman–Crippen LogP) is 2.67. The SMILES string of the molecule is COc1cc(C(Nc2ccc(C(=N)N)cc2)c2nn(-c3ncsc3C(=O)O)c(=O)[nH]2)c(F)c2c1OCCC2. The van der Waals surface area contributed by atoms with Crippen molar-refractivity contribution >= 4 is 28.8 Å². The molecule has 196 valence electrons. The van der Waals surface area contributed by atoms with E-state index < -0.39 is 23.5 Å². The Morgan fingerprint density at radius 1 is 1.39 bits per heavy atom. The van der Waals surface area contributed by atoms with Crippen molar-refractivity contribution in [1.82, 2.24) is 19.7 Å². The second kappa shape index (κ2) is 9.97. The molecule has 5 rings (SSSR count). The standard InChI is InChI=1S/C24H22FN7O5S/c1-36-15-9-14(16(25)13-3-2-8-37-18(13)15)17(29-12-6-4-11(5-7-12)20(26)27)21-30-24(35)32(31-21)22-19(23(33)34)38-10-28-22/h4-7,9-10,17,29H,2-3,8H2,1H3,(H3,26,27)(H,33,34)(H,30,31,35). The van der Waals surface area contributed by atoms with Crippen molar-refractivity contribution in [2.24, 2.45) is 5.73 Å². The molecule has 6 N–H and O–H groups in total. The highest BCUT2D eigenvalue weighted by Crippen LogP contribution is 2.41. The number of nitrogen functional groups attached to an aromatic ring is 1. The number of aromatic amines is 1. The molecule has 38 heavy (non-hydrogen) atoms. The Morgan fingerprint density at radius 2 is 2.16 bits per heavy atom. The van der Waals surface area contributed by atoms with Crippen LogP contribution >= 0.6 is 11.3 Å². The molecule has 0 aliphatic carbocycles. The van der Waals surface area contributed by atoms with Crippen molar-refractivity contribution < 1.29 is 23.8 Å². The van der Waals surface area contributed by atoms with E-state index in [9.17, 15) is 14.7 Å². The van der Waals surface area contributed by atoms with Gasteiger partial charge in [-0.3, -0.25) is 10.4 Å². The molecule has 1 unspecified atom stereocenters. The molecular weight excluding hydrogens is 517 g/mol. The van der Waals surface area contributed by atoms with Crippen LogP contribution in [0.25, 0.3) is 5.82 Å². The number of carboxylic acid groups (broad SMARTS) is 1. The minimum Gasteiger partial charge on any atom is -0.493 e. The van der Waals surface area contributed by atoms with Gasteiger partial charge in [-0.05, 0) is 43.2 Å². The summed E-state index contributed by atoms with van der Waals surface area (Å²) in [6.45, 7) is 0.434. The normalized spacial score (nSPS) is 13.3.